The predicted molar refractivity (Wildman–Crippen MR) is 148 cm³/mol. The lowest BCUT2D eigenvalue weighted by atomic mass is 9.70. The quantitative estimate of drug-likeness (QED) is 0.221. The fourth-order valence-corrected chi connectivity index (χ4v) is 6.86. The Balaban J connectivity index is 1.02. The summed E-state index contributed by atoms with van der Waals surface area (Å²) in [5, 5.41) is 9.31. The fourth-order valence-electron chi connectivity index (χ4n) is 6.86. The SMILES string of the molecule is Oc1ccc(-c2ccc(CCC3CCC(C4CC=C(c5ccc(C6CO6)c(F)c5F)CC4)CC3)c(F)c2F)c(F)c1F. The van der Waals surface area contributed by atoms with Crippen LogP contribution in [-0.4, -0.2) is 11.7 Å². The highest BCUT2D eigenvalue weighted by Gasteiger charge is 2.32. The van der Waals surface area contributed by atoms with E-state index >= 15 is 0 Å². The number of phenolic OH excluding ortho intramolecular Hbond substituents is 1. The number of hydrogen-bond donors (Lipinski definition) is 1. The van der Waals surface area contributed by atoms with E-state index in [9.17, 15) is 31.4 Å². The number of rotatable bonds is 7. The molecule has 2 atom stereocenters. The van der Waals surface area contributed by atoms with E-state index in [2.05, 4.69) is 6.08 Å². The van der Waals surface area contributed by atoms with Crippen molar-refractivity contribution < 1.29 is 36.2 Å². The van der Waals surface area contributed by atoms with Gasteiger partial charge in [0.1, 0.15) is 6.10 Å². The predicted octanol–water partition coefficient (Wildman–Crippen LogP) is 9.59. The molecule has 222 valence electrons. The van der Waals surface area contributed by atoms with Crippen molar-refractivity contribution in [2.45, 2.75) is 63.9 Å². The fraction of sp³-hybridized carbons (Fsp3) is 0.412. The molecule has 8 heteroatoms. The molecule has 3 aliphatic rings. The van der Waals surface area contributed by atoms with Gasteiger partial charge in [-0.3, -0.25) is 0 Å². The molecule has 1 saturated heterocycles. The summed E-state index contributed by atoms with van der Waals surface area (Å²) >= 11 is 0. The largest absolute Gasteiger partial charge is 0.505 e. The summed E-state index contributed by atoms with van der Waals surface area (Å²) in [6, 6.07) is 7.89. The maximum atomic E-state index is 14.9. The van der Waals surface area contributed by atoms with Crippen LogP contribution < -0.4 is 0 Å². The van der Waals surface area contributed by atoms with Crippen LogP contribution in [0.2, 0.25) is 0 Å². The molecule has 0 aromatic heterocycles. The Kier molecular flexibility index (Phi) is 8.09. The monoisotopic (exact) mass is 586 g/mol. The molecular formula is C34H32F6O2. The van der Waals surface area contributed by atoms with Gasteiger partial charge in [0.15, 0.2) is 34.8 Å². The van der Waals surface area contributed by atoms with E-state index < -0.39 is 51.8 Å². The normalized spacial score (nSPS) is 24.0. The molecule has 2 fully saturated rings. The number of allylic oxidation sites excluding steroid dienone is 2. The van der Waals surface area contributed by atoms with Crippen LogP contribution in [0.4, 0.5) is 26.3 Å². The molecular weight excluding hydrogens is 554 g/mol. The van der Waals surface area contributed by atoms with Gasteiger partial charge in [0, 0.05) is 22.3 Å². The molecule has 1 heterocycles. The number of epoxide rings is 1. The molecule has 6 rings (SSSR count). The summed E-state index contributed by atoms with van der Waals surface area (Å²) in [7, 11) is 0. The number of benzene rings is 3. The van der Waals surface area contributed by atoms with Gasteiger partial charge in [0.05, 0.1) is 6.61 Å². The second-order valence-electron chi connectivity index (χ2n) is 11.9. The van der Waals surface area contributed by atoms with Crippen LogP contribution in [-0.2, 0) is 11.2 Å². The highest BCUT2D eigenvalue weighted by molar-refractivity contribution is 5.68. The number of aromatic hydroxyl groups is 1. The van der Waals surface area contributed by atoms with Crippen molar-refractivity contribution >= 4 is 5.57 Å². The molecule has 0 amide bonds. The molecule has 3 aromatic rings. The second-order valence-corrected chi connectivity index (χ2v) is 11.9. The molecule has 3 aromatic carbocycles. The molecule has 1 saturated carbocycles. The number of hydrogen-bond acceptors (Lipinski definition) is 2. The molecule has 2 aliphatic carbocycles. The Bertz CT molecular complexity index is 1520. The summed E-state index contributed by atoms with van der Waals surface area (Å²) in [5.74, 6) is -6.31. The Morgan fingerprint density at radius 1 is 0.667 bits per heavy atom. The minimum Gasteiger partial charge on any atom is -0.505 e. The molecule has 0 radical (unpaired) electrons. The van der Waals surface area contributed by atoms with Crippen molar-refractivity contribution in [3.05, 3.63) is 94.1 Å². The lowest BCUT2D eigenvalue weighted by molar-refractivity contribution is 0.189. The Hall–Kier alpha value is -3.26. The molecule has 2 unspecified atom stereocenters. The molecule has 1 aliphatic heterocycles. The lowest BCUT2D eigenvalue weighted by Crippen LogP contribution is -2.23. The van der Waals surface area contributed by atoms with Gasteiger partial charge < -0.3 is 9.84 Å². The zero-order chi connectivity index (χ0) is 29.5. The van der Waals surface area contributed by atoms with Crippen molar-refractivity contribution in [2.24, 2.45) is 17.8 Å². The first-order chi connectivity index (χ1) is 20.2. The Morgan fingerprint density at radius 2 is 1.31 bits per heavy atom. The van der Waals surface area contributed by atoms with Gasteiger partial charge in [0.25, 0.3) is 0 Å². The number of aryl methyl sites for hydroxylation is 1. The van der Waals surface area contributed by atoms with E-state index in [1.165, 1.54) is 12.1 Å². The van der Waals surface area contributed by atoms with E-state index in [1.54, 1.807) is 12.1 Å². The van der Waals surface area contributed by atoms with Crippen LogP contribution in [0, 0.1) is 52.7 Å². The average molecular weight is 587 g/mol. The first-order valence-corrected chi connectivity index (χ1v) is 14.7. The number of ether oxygens (including phenoxy) is 1. The van der Waals surface area contributed by atoms with Gasteiger partial charge in [-0.05, 0) is 86.0 Å². The Labute approximate surface area is 241 Å². The van der Waals surface area contributed by atoms with E-state index in [0.717, 1.165) is 56.2 Å². The first kappa shape index (κ1) is 28.8. The van der Waals surface area contributed by atoms with E-state index in [0.29, 0.717) is 49.2 Å². The van der Waals surface area contributed by atoms with Crippen molar-refractivity contribution in [3.63, 3.8) is 0 Å². The van der Waals surface area contributed by atoms with E-state index in [-0.39, 0.29) is 17.2 Å². The minimum atomic E-state index is -1.50. The van der Waals surface area contributed by atoms with Gasteiger partial charge in [-0.15, -0.1) is 0 Å². The van der Waals surface area contributed by atoms with Crippen LogP contribution in [0.5, 0.6) is 5.75 Å². The zero-order valence-electron chi connectivity index (χ0n) is 23.0. The summed E-state index contributed by atoms with van der Waals surface area (Å²) in [5.41, 5.74) is 0.845. The highest BCUT2D eigenvalue weighted by Crippen LogP contribution is 2.43. The molecule has 1 N–H and O–H groups in total. The van der Waals surface area contributed by atoms with Crippen LogP contribution >= 0.6 is 0 Å². The smallest absolute Gasteiger partial charge is 0.200 e. The van der Waals surface area contributed by atoms with Crippen molar-refractivity contribution in [2.75, 3.05) is 6.61 Å². The van der Waals surface area contributed by atoms with Crippen LogP contribution in [0.15, 0.2) is 42.5 Å². The second kappa shape index (κ2) is 11.8. The van der Waals surface area contributed by atoms with Gasteiger partial charge >= 0.3 is 0 Å². The topological polar surface area (TPSA) is 32.8 Å². The summed E-state index contributed by atoms with van der Waals surface area (Å²) in [4.78, 5) is 0. The van der Waals surface area contributed by atoms with Gasteiger partial charge in [-0.1, -0.05) is 43.2 Å². The van der Waals surface area contributed by atoms with Gasteiger partial charge in [0.2, 0.25) is 5.82 Å². The Morgan fingerprint density at radius 3 is 1.98 bits per heavy atom. The van der Waals surface area contributed by atoms with E-state index in [1.807, 2.05) is 0 Å². The molecule has 42 heavy (non-hydrogen) atoms. The third kappa shape index (κ3) is 5.58. The summed E-state index contributed by atoms with van der Waals surface area (Å²) < 4.78 is 92.0. The van der Waals surface area contributed by atoms with Gasteiger partial charge in [-0.25, -0.2) is 22.0 Å². The first-order valence-electron chi connectivity index (χ1n) is 14.7. The molecule has 2 nitrogen and oxygen atoms in total. The minimum absolute atomic E-state index is 0.198. The van der Waals surface area contributed by atoms with Crippen LogP contribution in [0.3, 0.4) is 0 Å². The summed E-state index contributed by atoms with van der Waals surface area (Å²) in [6.45, 7) is 0.429. The number of halogens is 6. The highest BCUT2D eigenvalue weighted by atomic mass is 19.2. The maximum Gasteiger partial charge on any atom is 0.200 e. The van der Waals surface area contributed by atoms with Crippen LogP contribution in [0.25, 0.3) is 16.7 Å². The molecule has 0 spiro atoms. The van der Waals surface area contributed by atoms with E-state index in [4.69, 9.17) is 4.74 Å². The van der Waals surface area contributed by atoms with Crippen molar-refractivity contribution in [1.29, 1.82) is 0 Å². The van der Waals surface area contributed by atoms with Crippen molar-refractivity contribution in [1.82, 2.24) is 0 Å². The van der Waals surface area contributed by atoms with Crippen molar-refractivity contribution in [3.8, 4) is 16.9 Å². The third-order valence-corrected chi connectivity index (χ3v) is 9.48. The zero-order valence-corrected chi connectivity index (χ0v) is 23.0. The van der Waals surface area contributed by atoms with Crippen LogP contribution in [0.1, 0.15) is 74.2 Å². The lowest BCUT2D eigenvalue weighted by Gasteiger charge is -2.35. The standard InChI is InChI=1S/C34H32F6O2/c35-29-22(11-12-24(31(29)37)25-15-16-27(41)34(40)32(25)38)6-3-18-1-4-19(5-2-18)20-7-9-21(10-8-20)23-13-14-26(28-17-42-28)33(39)30(23)36/h9,11-16,18-20,28,41H,1-8,10,17H2. The maximum absolute atomic E-state index is 14.9. The third-order valence-electron chi connectivity index (χ3n) is 9.48. The molecule has 0 bridgehead atoms. The average Bonchev–Trinajstić information content (AvgIpc) is 3.85. The number of phenols is 1. The summed E-state index contributed by atoms with van der Waals surface area (Å²) in [6.07, 6.45) is 9.30. The van der Waals surface area contributed by atoms with Gasteiger partial charge in [-0.2, -0.15) is 4.39 Å².